The Morgan fingerprint density at radius 2 is 1.89 bits per heavy atom. The predicted molar refractivity (Wildman–Crippen MR) is 71.6 cm³/mol. The Balaban J connectivity index is 2.01. The number of allylic oxidation sites excluding steroid dienone is 1. The molecule has 1 aliphatic carbocycles. The van der Waals surface area contributed by atoms with Crippen LogP contribution in [0.1, 0.15) is 46.4 Å². The van der Waals surface area contributed by atoms with Crippen molar-refractivity contribution >= 4 is 11.8 Å². The molecule has 0 saturated heterocycles. The Labute approximate surface area is 111 Å². The van der Waals surface area contributed by atoms with Crippen LogP contribution in [0.25, 0.3) is 0 Å². The van der Waals surface area contributed by atoms with E-state index in [4.69, 9.17) is 5.73 Å². The Bertz CT molecular complexity index is 515. The van der Waals surface area contributed by atoms with Crippen LogP contribution in [0.3, 0.4) is 0 Å². The lowest BCUT2D eigenvalue weighted by molar-refractivity contribution is 0.0930. The maximum absolute atomic E-state index is 12.0. The molecule has 5 heteroatoms. The molecule has 0 atom stereocenters. The number of nitrogens with zero attached hydrogens (tertiary/aromatic N) is 1. The summed E-state index contributed by atoms with van der Waals surface area (Å²) >= 11 is 0. The van der Waals surface area contributed by atoms with E-state index in [0.717, 1.165) is 25.7 Å². The molecule has 0 radical (unpaired) electrons. The molecule has 1 saturated carbocycles. The molecule has 0 aromatic carbocycles. The summed E-state index contributed by atoms with van der Waals surface area (Å²) in [5.74, 6) is -0.802. The van der Waals surface area contributed by atoms with Crippen molar-refractivity contribution in [2.45, 2.75) is 31.7 Å². The van der Waals surface area contributed by atoms with Gasteiger partial charge in [0.25, 0.3) is 5.91 Å². The average molecular weight is 259 g/mol. The molecule has 0 aliphatic heterocycles. The second kappa shape index (κ2) is 5.65. The molecule has 1 aromatic rings. The van der Waals surface area contributed by atoms with Gasteiger partial charge in [0.1, 0.15) is 0 Å². The van der Waals surface area contributed by atoms with Gasteiger partial charge in [0.15, 0.2) is 0 Å². The molecule has 2 rings (SSSR count). The Kier molecular flexibility index (Phi) is 3.94. The van der Waals surface area contributed by atoms with Crippen LogP contribution in [0.4, 0.5) is 0 Å². The van der Waals surface area contributed by atoms with Crippen LogP contribution in [-0.4, -0.2) is 22.8 Å². The smallest absolute Gasteiger partial charge is 0.253 e. The van der Waals surface area contributed by atoms with Crippen LogP contribution in [-0.2, 0) is 0 Å². The minimum absolute atomic E-state index is 0.162. The van der Waals surface area contributed by atoms with Crippen molar-refractivity contribution in [3.63, 3.8) is 0 Å². The average Bonchev–Trinajstić information content (AvgIpc) is 2.41. The van der Waals surface area contributed by atoms with Crippen molar-refractivity contribution in [2.24, 2.45) is 5.73 Å². The van der Waals surface area contributed by atoms with E-state index in [9.17, 15) is 9.59 Å². The van der Waals surface area contributed by atoms with Gasteiger partial charge < -0.3 is 11.1 Å². The molecule has 0 bridgehead atoms. The Morgan fingerprint density at radius 1 is 1.26 bits per heavy atom. The van der Waals surface area contributed by atoms with Gasteiger partial charge in [-0.2, -0.15) is 0 Å². The molecule has 0 spiro atoms. The van der Waals surface area contributed by atoms with E-state index in [1.165, 1.54) is 24.0 Å². The fourth-order valence-electron chi connectivity index (χ4n) is 2.14. The van der Waals surface area contributed by atoms with E-state index in [-0.39, 0.29) is 17.5 Å². The number of carbonyl (C=O) groups is 2. The van der Waals surface area contributed by atoms with Crippen molar-refractivity contribution in [3.05, 3.63) is 41.7 Å². The van der Waals surface area contributed by atoms with E-state index in [1.54, 1.807) is 0 Å². The number of aromatic nitrogens is 1. The zero-order valence-corrected chi connectivity index (χ0v) is 10.7. The highest BCUT2D eigenvalue weighted by Crippen LogP contribution is 2.22. The molecule has 1 heterocycles. The van der Waals surface area contributed by atoms with E-state index in [2.05, 4.69) is 16.9 Å². The zero-order chi connectivity index (χ0) is 13.8. The van der Waals surface area contributed by atoms with E-state index >= 15 is 0 Å². The second-order valence-electron chi connectivity index (χ2n) is 4.82. The van der Waals surface area contributed by atoms with Gasteiger partial charge in [0, 0.05) is 18.4 Å². The first kappa shape index (κ1) is 13.3. The third kappa shape index (κ3) is 3.40. The third-order valence-electron chi connectivity index (χ3n) is 3.31. The van der Waals surface area contributed by atoms with E-state index in [1.807, 2.05) is 0 Å². The van der Waals surface area contributed by atoms with Crippen LogP contribution in [0, 0.1) is 0 Å². The molecule has 5 nitrogen and oxygen atoms in total. The molecule has 1 fully saturated rings. The van der Waals surface area contributed by atoms with Gasteiger partial charge in [-0.15, -0.1) is 0 Å². The molecule has 1 aliphatic rings. The monoisotopic (exact) mass is 259 g/mol. The predicted octanol–water partition coefficient (Wildman–Crippen LogP) is 1.41. The summed E-state index contributed by atoms with van der Waals surface area (Å²) in [7, 11) is 0. The summed E-state index contributed by atoms with van der Waals surface area (Å²) in [5.41, 5.74) is 7.00. The van der Waals surface area contributed by atoms with Crippen LogP contribution in [0.5, 0.6) is 0 Å². The summed E-state index contributed by atoms with van der Waals surface area (Å²) < 4.78 is 0. The van der Waals surface area contributed by atoms with Crippen molar-refractivity contribution < 1.29 is 9.59 Å². The number of amides is 2. The van der Waals surface area contributed by atoms with Gasteiger partial charge in [-0.1, -0.05) is 12.2 Å². The highest BCUT2D eigenvalue weighted by Gasteiger charge is 2.18. The Morgan fingerprint density at radius 3 is 2.53 bits per heavy atom. The number of primary amides is 1. The zero-order valence-electron chi connectivity index (χ0n) is 10.7. The fourth-order valence-corrected chi connectivity index (χ4v) is 2.14. The van der Waals surface area contributed by atoms with Gasteiger partial charge >= 0.3 is 0 Å². The summed E-state index contributed by atoms with van der Waals surface area (Å²) in [6.45, 7) is 3.94. The maximum Gasteiger partial charge on any atom is 0.253 e. The lowest BCUT2D eigenvalue weighted by Gasteiger charge is -2.24. The third-order valence-corrected chi connectivity index (χ3v) is 3.31. The first-order chi connectivity index (χ1) is 9.06. The summed E-state index contributed by atoms with van der Waals surface area (Å²) in [6.07, 6.45) is 6.50. The largest absolute Gasteiger partial charge is 0.366 e. The van der Waals surface area contributed by atoms with Crippen LogP contribution in [0.2, 0.25) is 0 Å². The Hall–Kier alpha value is -2.17. The van der Waals surface area contributed by atoms with Gasteiger partial charge in [0.2, 0.25) is 5.91 Å². The van der Waals surface area contributed by atoms with E-state index < -0.39 is 5.91 Å². The van der Waals surface area contributed by atoms with Crippen LogP contribution >= 0.6 is 0 Å². The summed E-state index contributed by atoms with van der Waals surface area (Å²) in [4.78, 5) is 26.9. The van der Waals surface area contributed by atoms with Gasteiger partial charge in [0.05, 0.1) is 11.1 Å². The first-order valence-electron chi connectivity index (χ1n) is 6.28. The molecule has 0 unspecified atom stereocenters. The summed E-state index contributed by atoms with van der Waals surface area (Å²) in [6, 6.07) is 1.63. The molecular formula is C14H17N3O2. The minimum atomic E-state index is -0.587. The number of hydrogen-bond acceptors (Lipinski definition) is 3. The second-order valence-corrected chi connectivity index (χ2v) is 4.82. The minimum Gasteiger partial charge on any atom is -0.366 e. The molecule has 3 N–H and O–H groups in total. The molecule has 100 valence electrons. The topological polar surface area (TPSA) is 85.1 Å². The van der Waals surface area contributed by atoms with E-state index in [0.29, 0.717) is 5.56 Å². The lowest BCUT2D eigenvalue weighted by atomic mass is 9.92. The number of nitrogens with two attached hydrogens (primary N) is 1. The molecule has 2 amide bonds. The summed E-state index contributed by atoms with van der Waals surface area (Å²) in [5, 5.41) is 2.95. The van der Waals surface area contributed by atoms with Crippen LogP contribution < -0.4 is 11.1 Å². The van der Waals surface area contributed by atoms with Crippen molar-refractivity contribution in [3.8, 4) is 0 Å². The lowest BCUT2D eigenvalue weighted by Crippen LogP contribution is -2.36. The van der Waals surface area contributed by atoms with Crippen LogP contribution in [0.15, 0.2) is 30.6 Å². The van der Waals surface area contributed by atoms with Gasteiger partial charge in [-0.3, -0.25) is 14.6 Å². The number of rotatable bonds is 3. The SMILES string of the molecule is C=C1CCC(NC(=O)c2cncc(C(N)=O)c2)CC1. The first-order valence-corrected chi connectivity index (χ1v) is 6.28. The highest BCUT2D eigenvalue weighted by molar-refractivity contribution is 5.98. The number of nitrogens with one attached hydrogen (secondary N) is 1. The number of pyridine rings is 1. The highest BCUT2D eigenvalue weighted by atomic mass is 16.2. The number of hydrogen-bond donors (Lipinski definition) is 2. The van der Waals surface area contributed by atoms with Crippen molar-refractivity contribution in [2.75, 3.05) is 0 Å². The number of carbonyl (C=O) groups excluding carboxylic acids is 2. The van der Waals surface area contributed by atoms with Crippen molar-refractivity contribution in [1.82, 2.24) is 10.3 Å². The quantitative estimate of drug-likeness (QED) is 0.805. The fraction of sp³-hybridized carbons (Fsp3) is 0.357. The molecular weight excluding hydrogens is 242 g/mol. The molecule has 1 aromatic heterocycles. The van der Waals surface area contributed by atoms with Gasteiger partial charge in [-0.25, -0.2) is 0 Å². The van der Waals surface area contributed by atoms with Gasteiger partial charge in [-0.05, 0) is 31.7 Å². The normalized spacial score (nSPS) is 16.1. The standard InChI is InChI=1S/C14H17N3O2/c1-9-2-4-12(5-3-9)17-14(19)11-6-10(13(15)18)7-16-8-11/h6-8,12H,1-5H2,(H2,15,18)(H,17,19). The van der Waals surface area contributed by atoms with Crippen molar-refractivity contribution in [1.29, 1.82) is 0 Å². The maximum atomic E-state index is 12.0. The molecule has 19 heavy (non-hydrogen) atoms.